The molecule has 0 unspecified atom stereocenters. The van der Waals surface area contributed by atoms with E-state index in [0.717, 1.165) is 11.0 Å². The average Bonchev–Trinajstić information content (AvgIpc) is 2.92. The second-order valence-electron chi connectivity index (χ2n) is 5.69. The van der Waals surface area contributed by atoms with E-state index in [4.69, 9.17) is 4.74 Å². The fourth-order valence-electron chi connectivity index (χ4n) is 2.72. The third kappa shape index (κ3) is 3.68. The molecule has 0 atom stereocenters. The van der Waals surface area contributed by atoms with E-state index in [2.05, 4.69) is 5.32 Å². The highest BCUT2D eigenvalue weighted by Gasteiger charge is 2.15. The number of anilines is 1. The lowest BCUT2D eigenvalue weighted by molar-refractivity contribution is -0.645. The number of fused-ring (bicyclic) bond motifs is 1. The van der Waals surface area contributed by atoms with E-state index in [1.165, 1.54) is 0 Å². The fourth-order valence-corrected chi connectivity index (χ4v) is 2.72. The van der Waals surface area contributed by atoms with Gasteiger partial charge >= 0.3 is 5.97 Å². The number of imidazole rings is 1. The minimum absolute atomic E-state index is 0.134. The summed E-state index contributed by atoms with van der Waals surface area (Å²) in [5, 5.41) is 2.84. The summed E-state index contributed by atoms with van der Waals surface area (Å²) in [5.74, 6) is -0.503. The molecule has 25 heavy (non-hydrogen) atoms. The second kappa shape index (κ2) is 7.17. The lowest BCUT2D eigenvalue weighted by Gasteiger charge is -2.05. The molecular formula is C19H20N3O3+. The molecule has 0 aliphatic heterocycles. The third-order valence-electron chi connectivity index (χ3n) is 3.88. The van der Waals surface area contributed by atoms with Crippen LogP contribution in [0.25, 0.3) is 11.0 Å². The largest absolute Gasteiger partial charge is 0.462 e. The Labute approximate surface area is 145 Å². The van der Waals surface area contributed by atoms with Crippen molar-refractivity contribution in [2.45, 2.75) is 13.5 Å². The zero-order valence-electron chi connectivity index (χ0n) is 14.2. The summed E-state index contributed by atoms with van der Waals surface area (Å²) < 4.78 is 8.82. The first kappa shape index (κ1) is 16.7. The summed E-state index contributed by atoms with van der Waals surface area (Å²) in [6, 6.07) is 14.6. The minimum atomic E-state index is -0.369. The number of esters is 1. The van der Waals surface area contributed by atoms with Gasteiger partial charge in [0.1, 0.15) is 0 Å². The Morgan fingerprint density at radius 1 is 1.12 bits per heavy atom. The number of amides is 1. The molecular weight excluding hydrogens is 318 g/mol. The number of carbonyl (C=O) groups excluding carboxylic acids is 2. The lowest BCUT2D eigenvalue weighted by Crippen LogP contribution is -2.26. The summed E-state index contributed by atoms with van der Waals surface area (Å²) >= 11 is 0. The van der Waals surface area contributed by atoms with Crippen molar-refractivity contribution >= 4 is 28.6 Å². The highest BCUT2D eigenvalue weighted by molar-refractivity contribution is 5.93. The lowest BCUT2D eigenvalue weighted by atomic mass is 10.2. The molecule has 0 aliphatic carbocycles. The molecule has 0 bridgehead atoms. The van der Waals surface area contributed by atoms with E-state index in [0.29, 0.717) is 17.9 Å². The van der Waals surface area contributed by atoms with E-state index in [1.807, 2.05) is 46.8 Å². The summed E-state index contributed by atoms with van der Waals surface area (Å²) in [6.07, 6.45) is 1.90. The Bertz CT molecular complexity index is 913. The van der Waals surface area contributed by atoms with Crippen LogP contribution in [0.4, 0.5) is 5.69 Å². The van der Waals surface area contributed by atoms with Crippen molar-refractivity contribution in [3.8, 4) is 0 Å². The zero-order chi connectivity index (χ0) is 17.8. The van der Waals surface area contributed by atoms with Gasteiger partial charge in [0.25, 0.3) is 5.91 Å². The van der Waals surface area contributed by atoms with E-state index in [-0.39, 0.29) is 18.4 Å². The molecule has 0 aliphatic rings. The summed E-state index contributed by atoms with van der Waals surface area (Å²) in [5.41, 5.74) is 3.16. The molecule has 0 fully saturated rings. The SMILES string of the molecule is CCOC(=O)c1ccc(NC(=O)Cn2c[n+](C)c3ccccc32)cc1. The number of para-hydroxylation sites is 2. The highest BCUT2D eigenvalue weighted by atomic mass is 16.5. The van der Waals surface area contributed by atoms with Gasteiger partial charge in [0.05, 0.1) is 19.2 Å². The number of hydrogen-bond donors (Lipinski definition) is 1. The van der Waals surface area contributed by atoms with Gasteiger partial charge in [0.15, 0.2) is 17.6 Å². The first-order chi connectivity index (χ1) is 12.1. The van der Waals surface area contributed by atoms with Crippen LogP contribution in [0.5, 0.6) is 0 Å². The highest BCUT2D eigenvalue weighted by Crippen LogP contribution is 2.13. The number of hydrogen-bond acceptors (Lipinski definition) is 3. The number of aryl methyl sites for hydroxylation is 1. The van der Waals surface area contributed by atoms with Crippen LogP contribution in [-0.4, -0.2) is 23.1 Å². The van der Waals surface area contributed by atoms with Crippen LogP contribution in [0, 0.1) is 0 Å². The van der Waals surface area contributed by atoms with Crippen molar-refractivity contribution < 1.29 is 18.9 Å². The topological polar surface area (TPSA) is 64.2 Å². The Balaban J connectivity index is 1.69. The maximum Gasteiger partial charge on any atom is 0.338 e. The smallest absolute Gasteiger partial charge is 0.338 e. The predicted octanol–water partition coefficient (Wildman–Crippen LogP) is 2.28. The van der Waals surface area contributed by atoms with Gasteiger partial charge in [-0.05, 0) is 43.3 Å². The van der Waals surface area contributed by atoms with Crippen LogP contribution >= 0.6 is 0 Å². The maximum absolute atomic E-state index is 12.3. The number of ether oxygens (including phenoxy) is 1. The molecule has 0 saturated carbocycles. The molecule has 1 amide bonds. The number of nitrogens with one attached hydrogen (secondary N) is 1. The Morgan fingerprint density at radius 3 is 2.56 bits per heavy atom. The zero-order valence-corrected chi connectivity index (χ0v) is 14.2. The van der Waals surface area contributed by atoms with Crippen molar-refractivity contribution in [3.05, 3.63) is 60.4 Å². The van der Waals surface area contributed by atoms with Gasteiger partial charge in [-0.15, -0.1) is 0 Å². The van der Waals surface area contributed by atoms with Crippen LogP contribution in [-0.2, 0) is 23.1 Å². The van der Waals surface area contributed by atoms with Gasteiger partial charge in [-0.2, -0.15) is 0 Å². The molecule has 3 aromatic rings. The van der Waals surface area contributed by atoms with Crippen molar-refractivity contribution in [2.75, 3.05) is 11.9 Å². The molecule has 1 N–H and O–H groups in total. The number of rotatable bonds is 5. The molecule has 1 aromatic heterocycles. The fraction of sp³-hybridized carbons (Fsp3) is 0.211. The minimum Gasteiger partial charge on any atom is -0.462 e. The van der Waals surface area contributed by atoms with Crippen molar-refractivity contribution in [1.82, 2.24) is 4.57 Å². The van der Waals surface area contributed by atoms with E-state index < -0.39 is 0 Å². The summed E-state index contributed by atoms with van der Waals surface area (Å²) in [6.45, 7) is 2.30. The molecule has 0 spiro atoms. The Hall–Kier alpha value is -3.15. The van der Waals surface area contributed by atoms with E-state index in [9.17, 15) is 9.59 Å². The molecule has 0 radical (unpaired) electrons. The third-order valence-corrected chi connectivity index (χ3v) is 3.88. The first-order valence-corrected chi connectivity index (χ1v) is 8.09. The first-order valence-electron chi connectivity index (χ1n) is 8.09. The van der Waals surface area contributed by atoms with Gasteiger partial charge < -0.3 is 10.1 Å². The molecule has 1 heterocycles. The molecule has 3 rings (SSSR count). The number of carbonyl (C=O) groups is 2. The van der Waals surface area contributed by atoms with Crippen LogP contribution in [0.3, 0.4) is 0 Å². The van der Waals surface area contributed by atoms with Gasteiger partial charge in [0, 0.05) is 5.69 Å². The Kier molecular flexibility index (Phi) is 4.79. The van der Waals surface area contributed by atoms with Crippen LogP contribution in [0.15, 0.2) is 54.9 Å². The standard InChI is InChI=1S/C19H19N3O3/c1-3-25-19(24)14-8-10-15(11-9-14)20-18(23)12-22-13-21(2)16-6-4-5-7-17(16)22/h4-11,13H,3,12H2,1-2H3/p+1. The molecule has 6 heteroatoms. The average molecular weight is 338 g/mol. The monoisotopic (exact) mass is 338 g/mol. The van der Waals surface area contributed by atoms with Gasteiger partial charge in [-0.3, -0.25) is 4.79 Å². The van der Waals surface area contributed by atoms with Crippen molar-refractivity contribution in [3.63, 3.8) is 0 Å². The number of benzene rings is 2. The van der Waals surface area contributed by atoms with E-state index in [1.54, 1.807) is 31.2 Å². The van der Waals surface area contributed by atoms with Gasteiger partial charge in [0.2, 0.25) is 6.33 Å². The molecule has 6 nitrogen and oxygen atoms in total. The van der Waals surface area contributed by atoms with E-state index >= 15 is 0 Å². The summed E-state index contributed by atoms with van der Waals surface area (Å²) in [7, 11) is 1.95. The van der Waals surface area contributed by atoms with Crippen LogP contribution in [0.1, 0.15) is 17.3 Å². The molecule has 128 valence electrons. The molecule has 2 aromatic carbocycles. The van der Waals surface area contributed by atoms with Crippen molar-refractivity contribution in [1.29, 1.82) is 0 Å². The Morgan fingerprint density at radius 2 is 1.84 bits per heavy atom. The number of aromatic nitrogens is 2. The quantitative estimate of drug-likeness (QED) is 0.573. The van der Waals surface area contributed by atoms with Crippen LogP contribution in [0.2, 0.25) is 0 Å². The second-order valence-corrected chi connectivity index (χ2v) is 5.69. The summed E-state index contributed by atoms with van der Waals surface area (Å²) in [4.78, 5) is 24.0. The van der Waals surface area contributed by atoms with Gasteiger partial charge in [-0.25, -0.2) is 13.9 Å². The van der Waals surface area contributed by atoms with Crippen molar-refractivity contribution in [2.24, 2.45) is 7.05 Å². The number of nitrogens with zero attached hydrogens (tertiary/aromatic N) is 2. The molecule has 0 saturated heterocycles. The normalized spacial score (nSPS) is 10.6. The maximum atomic E-state index is 12.3. The predicted molar refractivity (Wildman–Crippen MR) is 94.1 cm³/mol. The van der Waals surface area contributed by atoms with Crippen LogP contribution < -0.4 is 9.88 Å². The van der Waals surface area contributed by atoms with Gasteiger partial charge in [-0.1, -0.05) is 12.1 Å².